The van der Waals surface area contributed by atoms with Crippen molar-refractivity contribution in [2.45, 2.75) is 20.8 Å². The Morgan fingerprint density at radius 1 is 1.22 bits per heavy atom. The second-order valence-corrected chi connectivity index (χ2v) is 4.38. The molecule has 0 spiro atoms. The predicted molar refractivity (Wildman–Crippen MR) is 81.5 cm³/mol. The normalized spacial score (nSPS) is 13.2. The number of hydrogen-bond acceptors (Lipinski definition) is 2. The summed E-state index contributed by atoms with van der Waals surface area (Å²) in [5.41, 5.74) is 4.74. The maximum absolute atomic E-state index is 4.09. The van der Waals surface area contributed by atoms with Gasteiger partial charge in [-0.1, -0.05) is 24.3 Å². The van der Waals surface area contributed by atoms with Gasteiger partial charge in [0, 0.05) is 31.2 Å². The fraction of sp³-hybridized carbons (Fsp3) is 0.312. The SMILES string of the molecule is CN=C(C)/C=C/C=C(\C)N(C)c1ccccc1C. The molecule has 1 rings (SSSR count). The molecule has 96 valence electrons. The molecule has 0 saturated carbocycles. The first kappa shape index (κ1) is 14.2. The van der Waals surface area contributed by atoms with E-state index in [0.29, 0.717) is 0 Å². The average molecular weight is 242 g/mol. The summed E-state index contributed by atoms with van der Waals surface area (Å²) in [6.45, 7) is 6.22. The second kappa shape index (κ2) is 6.80. The van der Waals surface area contributed by atoms with Crippen LogP contribution in [0.3, 0.4) is 0 Å². The predicted octanol–water partition coefficient (Wildman–Crippen LogP) is 3.98. The third-order valence-corrected chi connectivity index (χ3v) is 3.03. The van der Waals surface area contributed by atoms with Gasteiger partial charge in [0.15, 0.2) is 0 Å². The van der Waals surface area contributed by atoms with Gasteiger partial charge in [-0.05, 0) is 44.6 Å². The van der Waals surface area contributed by atoms with Crippen LogP contribution in [0.4, 0.5) is 5.69 Å². The van der Waals surface area contributed by atoms with Crippen molar-refractivity contribution in [3.8, 4) is 0 Å². The van der Waals surface area contributed by atoms with E-state index in [-0.39, 0.29) is 0 Å². The number of para-hydroxylation sites is 1. The molecule has 1 aromatic carbocycles. The Morgan fingerprint density at radius 2 is 1.89 bits per heavy atom. The van der Waals surface area contributed by atoms with Gasteiger partial charge in [-0.2, -0.15) is 0 Å². The molecule has 0 amide bonds. The van der Waals surface area contributed by atoms with E-state index in [1.807, 2.05) is 19.1 Å². The Balaban J connectivity index is 2.85. The van der Waals surface area contributed by atoms with Gasteiger partial charge in [-0.25, -0.2) is 0 Å². The summed E-state index contributed by atoms with van der Waals surface area (Å²) in [7, 11) is 3.89. The fourth-order valence-electron chi connectivity index (χ4n) is 1.64. The van der Waals surface area contributed by atoms with E-state index in [9.17, 15) is 0 Å². The van der Waals surface area contributed by atoms with E-state index >= 15 is 0 Å². The molecule has 0 heterocycles. The number of nitrogens with zero attached hydrogens (tertiary/aromatic N) is 2. The molecule has 0 unspecified atom stereocenters. The molecule has 1 aromatic rings. The van der Waals surface area contributed by atoms with Crippen LogP contribution in [0.25, 0.3) is 0 Å². The maximum Gasteiger partial charge on any atom is 0.0435 e. The second-order valence-electron chi connectivity index (χ2n) is 4.38. The van der Waals surface area contributed by atoms with Gasteiger partial charge < -0.3 is 4.90 Å². The minimum atomic E-state index is 1.03. The van der Waals surface area contributed by atoms with Crippen LogP contribution in [0.1, 0.15) is 19.4 Å². The van der Waals surface area contributed by atoms with Gasteiger partial charge in [-0.15, -0.1) is 0 Å². The van der Waals surface area contributed by atoms with Crippen LogP contribution in [-0.2, 0) is 0 Å². The summed E-state index contributed by atoms with van der Waals surface area (Å²) in [6.07, 6.45) is 6.14. The molecule has 2 heteroatoms. The van der Waals surface area contributed by atoms with Gasteiger partial charge in [0.1, 0.15) is 0 Å². The van der Waals surface area contributed by atoms with Crippen LogP contribution in [0, 0.1) is 6.92 Å². The molecule has 2 nitrogen and oxygen atoms in total. The number of rotatable bonds is 4. The average Bonchev–Trinajstić information content (AvgIpc) is 2.38. The number of allylic oxidation sites excluding steroid dienone is 4. The zero-order valence-electron chi connectivity index (χ0n) is 11.9. The van der Waals surface area contributed by atoms with E-state index in [0.717, 1.165) is 5.71 Å². The van der Waals surface area contributed by atoms with Crippen LogP contribution in [0.5, 0.6) is 0 Å². The highest BCUT2D eigenvalue weighted by molar-refractivity contribution is 5.92. The van der Waals surface area contributed by atoms with E-state index in [2.05, 4.69) is 61.1 Å². The molecule has 18 heavy (non-hydrogen) atoms. The Labute approximate surface area is 110 Å². The molecule has 0 aromatic heterocycles. The van der Waals surface area contributed by atoms with E-state index < -0.39 is 0 Å². The fourth-order valence-corrected chi connectivity index (χ4v) is 1.64. The molecule has 0 saturated heterocycles. The molecule has 0 atom stereocenters. The summed E-state index contributed by atoms with van der Waals surface area (Å²) in [6, 6.07) is 8.39. The molecule has 0 aliphatic heterocycles. The van der Waals surface area contributed by atoms with E-state index in [1.165, 1.54) is 16.9 Å². The Bertz CT molecular complexity index is 482. The van der Waals surface area contributed by atoms with Crippen molar-refractivity contribution < 1.29 is 0 Å². The smallest absolute Gasteiger partial charge is 0.0435 e. The van der Waals surface area contributed by atoms with Crippen LogP contribution < -0.4 is 4.90 Å². The van der Waals surface area contributed by atoms with Crippen molar-refractivity contribution in [3.63, 3.8) is 0 Å². The summed E-state index contributed by atoms with van der Waals surface area (Å²) in [4.78, 5) is 6.28. The summed E-state index contributed by atoms with van der Waals surface area (Å²) >= 11 is 0. The summed E-state index contributed by atoms with van der Waals surface area (Å²) in [5.74, 6) is 0. The van der Waals surface area contributed by atoms with Crippen LogP contribution in [-0.4, -0.2) is 19.8 Å². The molecule has 0 radical (unpaired) electrons. The van der Waals surface area contributed by atoms with Crippen molar-refractivity contribution >= 4 is 11.4 Å². The molecule has 0 N–H and O–H groups in total. The molecular weight excluding hydrogens is 220 g/mol. The van der Waals surface area contributed by atoms with Gasteiger partial charge in [-0.3, -0.25) is 4.99 Å². The highest BCUT2D eigenvalue weighted by atomic mass is 15.1. The number of anilines is 1. The molecular formula is C16H22N2. The van der Waals surface area contributed by atoms with Crippen molar-refractivity contribution in [2.24, 2.45) is 4.99 Å². The van der Waals surface area contributed by atoms with E-state index in [1.54, 1.807) is 7.05 Å². The maximum atomic E-state index is 4.09. The van der Waals surface area contributed by atoms with Crippen molar-refractivity contribution in [1.82, 2.24) is 0 Å². The topological polar surface area (TPSA) is 15.6 Å². The molecule has 0 bridgehead atoms. The molecule has 0 aliphatic carbocycles. The lowest BCUT2D eigenvalue weighted by atomic mass is 10.2. The first-order valence-corrected chi connectivity index (χ1v) is 6.14. The Hall–Kier alpha value is -1.83. The summed E-state index contributed by atoms with van der Waals surface area (Å²) < 4.78 is 0. The number of hydrogen-bond donors (Lipinski definition) is 0. The van der Waals surface area contributed by atoms with Gasteiger partial charge in [0.05, 0.1) is 0 Å². The number of benzene rings is 1. The quantitative estimate of drug-likeness (QED) is 0.576. The zero-order valence-corrected chi connectivity index (χ0v) is 11.9. The van der Waals surface area contributed by atoms with Crippen molar-refractivity contribution in [2.75, 3.05) is 19.0 Å². The summed E-state index contributed by atoms with van der Waals surface area (Å²) in [5, 5.41) is 0. The lowest BCUT2D eigenvalue weighted by Gasteiger charge is -2.21. The van der Waals surface area contributed by atoms with Gasteiger partial charge >= 0.3 is 0 Å². The van der Waals surface area contributed by atoms with Crippen molar-refractivity contribution in [3.05, 3.63) is 53.8 Å². The lowest BCUT2D eigenvalue weighted by molar-refractivity contribution is 1.08. The van der Waals surface area contributed by atoms with Crippen LogP contribution in [0.2, 0.25) is 0 Å². The third-order valence-electron chi connectivity index (χ3n) is 3.03. The van der Waals surface area contributed by atoms with Gasteiger partial charge in [0.25, 0.3) is 0 Å². The van der Waals surface area contributed by atoms with E-state index in [4.69, 9.17) is 0 Å². The third kappa shape index (κ3) is 3.88. The molecule has 0 fully saturated rings. The molecule has 0 aliphatic rings. The largest absolute Gasteiger partial charge is 0.348 e. The minimum absolute atomic E-state index is 1.03. The highest BCUT2D eigenvalue weighted by Crippen LogP contribution is 2.21. The van der Waals surface area contributed by atoms with Crippen LogP contribution >= 0.6 is 0 Å². The standard InChI is InChI=1S/C16H22N2/c1-13-9-6-7-12-16(13)18(5)15(3)11-8-10-14(2)17-4/h6-12H,1-5H3/b10-8+,15-11+,17-14?. The number of aryl methyl sites for hydroxylation is 1. The minimum Gasteiger partial charge on any atom is -0.348 e. The lowest BCUT2D eigenvalue weighted by Crippen LogP contribution is -2.15. The zero-order chi connectivity index (χ0) is 13.5. The van der Waals surface area contributed by atoms with Gasteiger partial charge in [0.2, 0.25) is 0 Å². The van der Waals surface area contributed by atoms with Crippen molar-refractivity contribution in [1.29, 1.82) is 0 Å². The number of aliphatic imine (C=N–C) groups is 1. The Kier molecular flexibility index (Phi) is 5.37. The Morgan fingerprint density at radius 3 is 2.50 bits per heavy atom. The highest BCUT2D eigenvalue weighted by Gasteiger charge is 2.03. The monoisotopic (exact) mass is 242 g/mol. The first-order valence-electron chi connectivity index (χ1n) is 6.14. The first-order chi connectivity index (χ1) is 8.56. The van der Waals surface area contributed by atoms with Crippen LogP contribution in [0.15, 0.2) is 53.2 Å².